The van der Waals surface area contributed by atoms with Gasteiger partial charge in [0, 0.05) is 17.8 Å². The van der Waals surface area contributed by atoms with Crippen molar-refractivity contribution in [2.75, 3.05) is 5.32 Å². The van der Waals surface area contributed by atoms with Crippen LogP contribution in [0, 0.1) is 0 Å². The summed E-state index contributed by atoms with van der Waals surface area (Å²) >= 11 is 1.56. The van der Waals surface area contributed by atoms with Gasteiger partial charge in [0.1, 0.15) is 5.82 Å². The summed E-state index contributed by atoms with van der Waals surface area (Å²) < 4.78 is 13.7. The van der Waals surface area contributed by atoms with E-state index in [4.69, 9.17) is 0 Å². The van der Waals surface area contributed by atoms with Crippen molar-refractivity contribution in [1.82, 2.24) is 9.97 Å². The van der Waals surface area contributed by atoms with Crippen LogP contribution < -0.4 is 5.32 Å². The molecule has 0 aliphatic heterocycles. The number of carbonyl (C=O) groups excluding carboxylic acids is 1. The van der Waals surface area contributed by atoms with Gasteiger partial charge in [0.15, 0.2) is 5.67 Å². The van der Waals surface area contributed by atoms with Crippen LogP contribution in [0.15, 0.2) is 42.2 Å². The van der Waals surface area contributed by atoms with Crippen molar-refractivity contribution in [2.24, 2.45) is 0 Å². The van der Waals surface area contributed by atoms with Gasteiger partial charge in [0.25, 0.3) is 5.91 Å². The quantitative estimate of drug-likeness (QED) is 0.800. The molecule has 0 unspecified atom stereocenters. The van der Waals surface area contributed by atoms with Gasteiger partial charge in [-0.1, -0.05) is 12.1 Å². The Labute approximate surface area is 130 Å². The Hall–Kier alpha value is -2.34. The largest absolute Gasteiger partial charge is 0.308 e. The van der Waals surface area contributed by atoms with Gasteiger partial charge in [-0.15, -0.1) is 11.3 Å². The maximum atomic E-state index is 13.7. The predicted octanol–water partition coefficient (Wildman–Crippen LogP) is 3.80. The van der Waals surface area contributed by atoms with Crippen LogP contribution in [0.3, 0.4) is 0 Å². The highest BCUT2D eigenvalue weighted by Crippen LogP contribution is 2.40. The summed E-state index contributed by atoms with van der Waals surface area (Å²) in [5.74, 6) is -0.221. The van der Waals surface area contributed by atoms with Crippen LogP contribution in [0.2, 0.25) is 0 Å². The molecule has 0 bridgehead atoms. The Morgan fingerprint density at radius 3 is 2.82 bits per heavy atom. The van der Waals surface area contributed by atoms with E-state index in [2.05, 4.69) is 15.3 Å². The molecule has 1 aliphatic rings. The minimum Gasteiger partial charge on any atom is -0.308 e. The molecule has 0 radical (unpaired) electrons. The molecule has 3 aromatic rings. The fourth-order valence-corrected chi connectivity index (χ4v) is 2.91. The molecule has 22 heavy (non-hydrogen) atoms. The molecular formula is C16H12FN3OS. The molecule has 0 atom stereocenters. The van der Waals surface area contributed by atoms with Crippen LogP contribution in [-0.4, -0.2) is 21.5 Å². The topological polar surface area (TPSA) is 54.9 Å². The van der Waals surface area contributed by atoms with Crippen LogP contribution in [-0.2, 0) is 4.79 Å². The highest BCUT2D eigenvalue weighted by molar-refractivity contribution is 7.13. The molecule has 110 valence electrons. The molecule has 1 N–H and O–H groups in total. The smallest absolute Gasteiger partial charge is 0.263 e. The van der Waals surface area contributed by atoms with Gasteiger partial charge in [-0.3, -0.25) is 9.78 Å². The zero-order valence-electron chi connectivity index (χ0n) is 11.5. The van der Waals surface area contributed by atoms with Crippen LogP contribution in [0.4, 0.5) is 10.2 Å². The molecule has 1 aromatic carbocycles. The molecule has 1 fully saturated rings. The number of thiazole rings is 1. The number of anilines is 1. The van der Waals surface area contributed by atoms with E-state index in [9.17, 15) is 9.18 Å². The lowest BCUT2D eigenvalue weighted by Gasteiger charge is -2.08. The lowest BCUT2D eigenvalue weighted by Crippen LogP contribution is -2.25. The lowest BCUT2D eigenvalue weighted by atomic mass is 10.1. The lowest BCUT2D eigenvalue weighted by molar-refractivity contribution is -0.122. The van der Waals surface area contributed by atoms with Crippen molar-refractivity contribution in [2.45, 2.75) is 18.5 Å². The molecule has 4 rings (SSSR count). The first-order valence-electron chi connectivity index (χ1n) is 6.93. The maximum absolute atomic E-state index is 13.7. The Kier molecular flexibility index (Phi) is 2.94. The van der Waals surface area contributed by atoms with E-state index in [1.165, 1.54) is 0 Å². The summed E-state index contributed by atoms with van der Waals surface area (Å²) in [5, 5.41) is 4.47. The minimum atomic E-state index is -1.69. The summed E-state index contributed by atoms with van der Waals surface area (Å²) in [5.41, 5.74) is 1.15. The number of alkyl halides is 1. The fourth-order valence-electron chi connectivity index (χ4n) is 2.29. The molecular weight excluding hydrogens is 301 g/mol. The van der Waals surface area contributed by atoms with E-state index in [0.29, 0.717) is 18.7 Å². The number of fused-ring (bicyclic) bond motifs is 1. The van der Waals surface area contributed by atoms with Crippen molar-refractivity contribution < 1.29 is 9.18 Å². The number of hydrogen-bond donors (Lipinski definition) is 1. The Bertz CT molecular complexity index is 859. The van der Waals surface area contributed by atoms with Crippen molar-refractivity contribution in [3.05, 3.63) is 42.2 Å². The van der Waals surface area contributed by atoms with E-state index in [0.717, 1.165) is 21.2 Å². The van der Waals surface area contributed by atoms with E-state index in [1.807, 2.05) is 24.4 Å². The van der Waals surface area contributed by atoms with Crippen LogP contribution >= 0.6 is 11.3 Å². The number of amides is 1. The molecule has 2 heterocycles. The molecule has 0 saturated heterocycles. The molecule has 6 heteroatoms. The SMILES string of the molecule is O=C(Nc1cc2cc(-c3cncs3)ccc2cn1)C1(F)CC1. The number of rotatable bonds is 3. The number of halogens is 1. The summed E-state index contributed by atoms with van der Waals surface area (Å²) in [4.78, 5) is 21.1. The van der Waals surface area contributed by atoms with Crippen molar-refractivity contribution in [3.63, 3.8) is 0 Å². The van der Waals surface area contributed by atoms with Gasteiger partial charge in [0.05, 0.1) is 10.4 Å². The second-order valence-corrected chi connectivity index (χ2v) is 6.30. The highest BCUT2D eigenvalue weighted by Gasteiger charge is 2.50. The molecule has 2 aromatic heterocycles. The Balaban J connectivity index is 1.68. The van der Waals surface area contributed by atoms with Gasteiger partial charge in [0.2, 0.25) is 0 Å². The van der Waals surface area contributed by atoms with Crippen molar-refractivity contribution >= 4 is 33.8 Å². The first-order valence-corrected chi connectivity index (χ1v) is 7.81. The summed E-state index contributed by atoms with van der Waals surface area (Å²) in [6.45, 7) is 0. The maximum Gasteiger partial charge on any atom is 0.263 e. The molecule has 1 amide bonds. The average Bonchev–Trinajstić information content (AvgIpc) is 3.06. The normalized spacial score (nSPS) is 15.7. The minimum absolute atomic E-state index is 0.294. The summed E-state index contributed by atoms with van der Waals surface area (Å²) in [7, 11) is 0. The third kappa shape index (κ3) is 2.35. The van der Waals surface area contributed by atoms with Gasteiger partial charge in [-0.05, 0) is 35.9 Å². The number of nitrogens with one attached hydrogen (secondary N) is 1. The number of carbonyl (C=O) groups is 1. The monoisotopic (exact) mass is 313 g/mol. The first-order chi connectivity index (χ1) is 10.6. The third-order valence-corrected chi connectivity index (χ3v) is 4.60. The van der Waals surface area contributed by atoms with E-state index >= 15 is 0 Å². The number of pyridine rings is 1. The first kappa shape index (κ1) is 13.3. The zero-order chi connectivity index (χ0) is 15.2. The Morgan fingerprint density at radius 1 is 1.23 bits per heavy atom. The molecule has 1 aliphatic carbocycles. The predicted molar refractivity (Wildman–Crippen MR) is 84.6 cm³/mol. The fraction of sp³-hybridized carbons (Fsp3) is 0.188. The van der Waals surface area contributed by atoms with Gasteiger partial charge >= 0.3 is 0 Å². The number of aromatic nitrogens is 2. The van der Waals surface area contributed by atoms with Crippen molar-refractivity contribution in [1.29, 1.82) is 0 Å². The molecule has 0 spiro atoms. The standard InChI is InChI=1S/C16H12FN3OS/c17-16(3-4-16)15(21)20-14-6-12-5-10(13-8-18-9-22-13)1-2-11(12)7-19-14/h1-2,5-9H,3-4H2,(H,19,20,21). The van der Waals surface area contributed by atoms with E-state index in [1.54, 1.807) is 29.1 Å². The second kappa shape index (κ2) is 4.84. The number of hydrogen-bond acceptors (Lipinski definition) is 4. The van der Waals surface area contributed by atoms with E-state index in [-0.39, 0.29) is 0 Å². The average molecular weight is 313 g/mol. The third-order valence-electron chi connectivity index (χ3n) is 3.78. The summed E-state index contributed by atoms with van der Waals surface area (Å²) in [6.07, 6.45) is 4.08. The second-order valence-electron chi connectivity index (χ2n) is 5.42. The van der Waals surface area contributed by atoms with E-state index < -0.39 is 11.6 Å². The zero-order valence-corrected chi connectivity index (χ0v) is 12.4. The van der Waals surface area contributed by atoms with Crippen molar-refractivity contribution in [3.8, 4) is 10.4 Å². The molecule has 4 nitrogen and oxygen atoms in total. The van der Waals surface area contributed by atoms with Gasteiger partial charge in [-0.2, -0.15) is 0 Å². The number of benzene rings is 1. The highest BCUT2D eigenvalue weighted by atomic mass is 32.1. The Morgan fingerprint density at radius 2 is 2.09 bits per heavy atom. The number of nitrogens with zero attached hydrogens (tertiary/aromatic N) is 2. The van der Waals surface area contributed by atoms with Crippen LogP contribution in [0.25, 0.3) is 21.2 Å². The van der Waals surface area contributed by atoms with Gasteiger partial charge < -0.3 is 5.32 Å². The summed E-state index contributed by atoms with van der Waals surface area (Å²) in [6, 6.07) is 7.77. The van der Waals surface area contributed by atoms with Gasteiger partial charge in [-0.25, -0.2) is 9.37 Å². The van der Waals surface area contributed by atoms with Crippen LogP contribution in [0.1, 0.15) is 12.8 Å². The molecule has 1 saturated carbocycles. The van der Waals surface area contributed by atoms with Crippen LogP contribution in [0.5, 0.6) is 0 Å².